The van der Waals surface area contributed by atoms with Gasteiger partial charge in [-0.1, -0.05) is 13.8 Å². The molecule has 0 spiro atoms. The Hall–Kier alpha value is -1.76. The molecular formula is C11H18N4O3. The first-order chi connectivity index (χ1) is 8.58. The van der Waals surface area contributed by atoms with Gasteiger partial charge in [-0.15, -0.1) is 0 Å². The Morgan fingerprint density at radius 3 is 2.22 bits per heavy atom. The van der Waals surface area contributed by atoms with E-state index in [4.69, 9.17) is 0 Å². The van der Waals surface area contributed by atoms with Crippen LogP contribution in [0.2, 0.25) is 0 Å². The molecule has 0 aromatic heterocycles. The van der Waals surface area contributed by atoms with Crippen LogP contribution in [-0.2, 0) is 9.59 Å². The Bertz CT molecular complexity index is 343. The molecule has 18 heavy (non-hydrogen) atoms. The number of carbonyl (C=O) groups is 3. The van der Waals surface area contributed by atoms with Crippen molar-refractivity contribution < 1.29 is 14.4 Å². The minimum atomic E-state index is -1.01. The number of urea groups is 1. The van der Waals surface area contributed by atoms with Gasteiger partial charge in [0.2, 0.25) is 11.8 Å². The number of carbonyl (C=O) groups excluding carboxylic acids is 3. The molecule has 0 aromatic rings. The SMILES string of the molecule is CCN(CC)CCN=CC1C(=O)NC(=O)NC1=O. The molecule has 1 aliphatic rings. The van der Waals surface area contributed by atoms with Gasteiger partial charge in [-0.2, -0.15) is 0 Å². The highest BCUT2D eigenvalue weighted by Crippen LogP contribution is 1.99. The summed E-state index contributed by atoms with van der Waals surface area (Å²) in [5.41, 5.74) is 0. The highest BCUT2D eigenvalue weighted by atomic mass is 16.2. The van der Waals surface area contributed by atoms with Crippen LogP contribution in [0.3, 0.4) is 0 Å². The highest BCUT2D eigenvalue weighted by Gasteiger charge is 2.32. The van der Waals surface area contributed by atoms with Gasteiger partial charge in [-0.25, -0.2) is 4.79 Å². The van der Waals surface area contributed by atoms with Crippen LogP contribution in [0.25, 0.3) is 0 Å². The molecule has 4 amide bonds. The number of barbiturate groups is 1. The first kappa shape index (κ1) is 14.3. The second kappa shape index (κ2) is 6.85. The quantitative estimate of drug-likeness (QED) is 0.488. The van der Waals surface area contributed by atoms with Crippen LogP contribution in [0.4, 0.5) is 4.79 Å². The van der Waals surface area contributed by atoms with E-state index < -0.39 is 23.8 Å². The standard InChI is InChI=1S/C11H18N4O3/c1-3-15(4-2)6-5-12-7-8-9(16)13-11(18)14-10(8)17/h7-8H,3-6H2,1-2H3,(H2,13,14,16,17,18). The van der Waals surface area contributed by atoms with E-state index >= 15 is 0 Å². The minimum absolute atomic E-state index is 0.521. The van der Waals surface area contributed by atoms with Gasteiger partial charge in [0.05, 0.1) is 6.54 Å². The molecule has 0 atom stereocenters. The number of hydrogen-bond acceptors (Lipinski definition) is 5. The van der Waals surface area contributed by atoms with E-state index in [-0.39, 0.29) is 0 Å². The van der Waals surface area contributed by atoms with E-state index in [2.05, 4.69) is 23.7 Å². The smallest absolute Gasteiger partial charge is 0.302 e. The zero-order valence-electron chi connectivity index (χ0n) is 10.6. The molecule has 0 unspecified atom stereocenters. The number of hydrogen-bond donors (Lipinski definition) is 2. The number of nitrogens with one attached hydrogen (secondary N) is 2. The molecule has 0 aliphatic carbocycles. The molecule has 7 heteroatoms. The molecule has 100 valence electrons. The lowest BCUT2D eigenvalue weighted by atomic mass is 10.1. The molecule has 1 heterocycles. The first-order valence-corrected chi connectivity index (χ1v) is 5.96. The van der Waals surface area contributed by atoms with Crippen molar-refractivity contribution in [1.82, 2.24) is 15.5 Å². The van der Waals surface area contributed by atoms with Crippen molar-refractivity contribution in [2.75, 3.05) is 26.2 Å². The Balaban J connectivity index is 2.44. The van der Waals surface area contributed by atoms with Crippen molar-refractivity contribution in [3.05, 3.63) is 0 Å². The second-order valence-corrected chi connectivity index (χ2v) is 3.87. The van der Waals surface area contributed by atoms with Crippen molar-refractivity contribution in [2.45, 2.75) is 13.8 Å². The molecule has 0 bridgehead atoms. The predicted octanol–water partition coefficient (Wildman–Crippen LogP) is -0.619. The molecule has 0 radical (unpaired) electrons. The van der Waals surface area contributed by atoms with Crippen LogP contribution in [0, 0.1) is 5.92 Å². The largest absolute Gasteiger partial charge is 0.328 e. The number of likely N-dealkylation sites (N-methyl/N-ethyl adjacent to an activating group) is 1. The molecule has 0 saturated carbocycles. The third-order valence-corrected chi connectivity index (χ3v) is 2.73. The van der Waals surface area contributed by atoms with E-state index in [1.54, 1.807) is 0 Å². The fraction of sp³-hybridized carbons (Fsp3) is 0.636. The molecule has 0 aromatic carbocycles. The zero-order valence-corrected chi connectivity index (χ0v) is 10.6. The first-order valence-electron chi connectivity index (χ1n) is 5.96. The van der Waals surface area contributed by atoms with Crippen molar-refractivity contribution in [3.63, 3.8) is 0 Å². The van der Waals surface area contributed by atoms with Gasteiger partial charge < -0.3 is 4.90 Å². The summed E-state index contributed by atoms with van der Waals surface area (Å²) in [6.45, 7) is 7.28. The average Bonchev–Trinajstić information content (AvgIpc) is 2.32. The Morgan fingerprint density at radius 2 is 1.72 bits per heavy atom. The van der Waals surface area contributed by atoms with Crippen molar-refractivity contribution in [3.8, 4) is 0 Å². The Labute approximate surface area is 106 Å². The topological polar surface area (TPSA) is 90.9 Å². The van der Waals surface area contributed by atoms with Gasteiger partial charge in [0.15, 0.2) is 5.92 Å². The lowest BCUT2D eigenvalue weighted by Gasteiger charge is -2.18. The Morgan fingerprint density at radius 1 is 1.17 bits per heavy atom. The van der Waals surface area contributed by atoms with Gasteiger partial charge in [0.1, 0.15) is 0 Å². The number of nitrogens with zero attached hydrogens (tertiary/aromatic N) is 2. The molecular weight excluding hydrogens is 236 g/mol. The summed E-state index contributed by atoms with van der Waals surface area (Å²) >= 11 is 0. The van der Waals surface area contributed by atoms with Gasteiger partial charge >= 0.3 is 6.03 Å². The minimum Gasteiger partial charge on any atom is -0.302 e. The van der Waals surface area contributed by atoms with Crippen LogP contribution in [-0.4, -0.2) is 55.1 Å². The van der Waals surface area contributed by atoms with E-state index in [0.717, 1.165) is 19.6 Å². The van der Waals surface area contributed by atoms with Crippen LogP contribution in [0.5, 0.6) is 0 Å². The van der Waals surface area contributed by atoms with Gasteiger partial charge in [-0.3, -0.25) is 25.2 Å². The summed E-state index contributed by atoms with van der Waals surface area (Å²) in [4.78, 5) is 39.8. The van der Waals surface area contributed by atoms with Crippen LogP contribution >= 0.6 is 0 Å². The number of rotatable bonds is 6. The summed E-state index contributed by atoms with van der Waals surface area (Å²) in [6.07, 6.45) is 1.29. The van der Waals surface area contributed by atoms with E-state index in [9.17, 15) is 14.4 Å². The second-order valence-electron chi connectivity index (χ2n) is 3.87. The van der Waals surface area contributed by atoms with Crippen molar-refractivity contribution in [1.29, 1.82) is 0 Å². The molecule has 7 nitrogen and oxygen atoms in total. The summed E-state index contributed by atoms with van der Waals surface area (Å²) in [7, 11) is 0. The lowest BCUT2D eigenvalue weighted by Crippen LogP contribution is -2.56. The highest BCUT2D eigenvalue weighted by molar-refractivity contribution is 6.23. The number of aliphatic imine (C=N–C) groups is 1. The maximum Gasteiger partial charge on any atom is 0.328 e. The van der Waals surface area contributed by atoms with Crippen LogP contribution < -0.4 is 10.6 Å². The van der Waals surface area contributed by atoms with E-state index in [1.807, 2.05) is 10.6 Å². The van der Waals surface area contributed by atoms with Gasteiger partial charge in [0, 0.05) is 12.8 Å². The molecule has 1 fully saturated rings. The summed E-state index contributed by atoms with van der Waals surface area (Å²) in [5.74, 6) is -2.27. The third kappa shape index (κ3) is 3.92. The van der Waals surface area contributed by atoms with Gasteiger partial charge in [0.25, 0.3) is 0 Å². The average molecular weight is 254 g/mol. The maximum absolute atomic E-state index is 11.4. The number of imide groups is 2. The molecule has 1 rings (SSSR count). The summed E-state index contributed by atoms with van der Waals surface area (Å²) in [6, 6.07) is -0.780. The number of amides is 4. The lowest BCUT2D eigenvalue weighted by molar-refractivity contribution is -0.132. The molecule has 1 aliphatic heterocycles. The van der Waals surface area contributed by atoms with Crippen LogP contribution in [0.1, 0.15) is 13.8 Å². The fourth-order valence-electron chi connectivity index (χ4n) is 1.58. The predicted molar refractivity (Wildman–Crippen MR) is 66.3 cm³/mol. The van der Waals surface area contributed by atoms with Crippen LogP contribution in [0.15, 0.2) is 4.99 Å². The maximum atomic E-state index is 11.4. The fourth-order valence-corrected chi connectivity index (χ4v) is 1.58. The van der Waals surface area contributed by atoms with E-state index in [1.165, 1.54) is 6.21 Å². The molecule has 1 saturated heterocycles. The molecule has 2 N–H and O–H groups in total. The van der Waals surface area contributed by atoms with Gasteiger partial charge in [-0.05, 0) is 13.1 Å². The normalized spacial score (nSPS) is 17.4. The Kier molecular flexibility index (Phi) is 5.44. The third-order valence-electron chi connectivity index (χ3n) is 2.73. The van der Waals surface area contributed by atoms with Crippen molar-refractivity contribution in [2.24, 2.45) is 10.9 Å². The summed E-state index contributed by atoms with van der Waals surface area (Å²) < 4.78 is 0. The van der Waals surface area contributed by atoms with E-state index in [0.29, 0.717) is 6.54 Å². The zero-order chi connectivity index (χ0) is 13.5. The van der Waals surface area contributed by atoms with Crippen molar-refractivity contribution >= 4 is 24.1 Å². The summed E-state index contributed by atoms with van der Waals surface area (Å²) in [5, 5.41) is 4.04. The monoisotopic (exact) mass is 254 g/mol.